The fourth-order valence-electron chi connectivity index (χ4n) is 5.63. The van der Waals surface area contributed by atoms with Gasteiger partial charge in [-0.15, -0.1) is 0 Å². The maximum absolute atomic E-state index is 12.1. The van der Waals surface area contributed by atoms with Gasteiger partial charge in [0.05, 0.1) is 16.9 Å². The molecule has 198 valence electrons. The molecule has 1 heterocycles. The Labute approximate surface area is 236 Å². The monoisotopic (exact) mass is 542 g/mol. The van der Waals surface area contributed by atoms with Gasteiger partial charge in [-0.05, 0) is 52.8 Å². The fourth-order valence-corrected chi connectivity index (χ4v) is 6.04. The first kappa shape index (κ1) is 25.8. The molecule has 0 radical (unpaired) electrons. The summed E-state index contributed by atoms with van der Waals surface area (Å²) in [5.41, 5.74) is 9.23. The summed E-state index contributed by atoms with van der Waals surface area (Å²) in [5.74, 6) is 0.702. The van der Waals surface area contributed by atoms with Crippen LogP contribution in [0, 0.1) is 12.8 Å². The van der Waals surface area contributed by atoms with E-state index >= 15 is 0 Å². The van der Waals surface area contributed by atoms with E-state index in [-0.39, 0.29) is 0 Å². The molecule has 0 aliphatic heterocycles. The molecule has 1 aromatic heterocycles. The number of aromatic nitrogens is 1. The van der Waals surface area contributed by atoms with Crippen LogP contribution in [-0.2, 0) is 10.9 Å². The SMILES string of the molecule is Cc1ccc(-c2ccc3ccc(-c4ccccc4-c4ccccc4)c(N[SH](=O)=O)c3n2)cc1C1C=CC=CC1C. The number of nitrogens with zero attached hydrogens (tertiary/aromatic N) is 1. The molecule has 5 aromatic rings. The molecular formula is C35H30N2O2S. The number of hydrogen-bond acceptors (Lipinski definition) is 3. The summed E-state index contributed by atoms with van der Waals surface area (Å²) in [4.78, 5) is 5.06. The van der Waals surface area contributed by atoms with Gasteiger partial charge in [-0.1, -0.05) is 116 Å². The van der Waals surface area contributed by atoms with Crippen LogP contribution in [0.1, 0.15) is 24.0 Å². The topological polar surface area (TPSA) is 59.1 Å². The second kappa shape index (κ2) is 10.9. The minimum atomic E-state index is -2.91. The maximum Gasteiger partial charge on any atom is 0.222 e. The van der Waals surface area contributed by atoms with Gasteiger partial charge in [0.2, 0.25) is 10.9 Å². The summed E-state index contributed by atoms with van der Waals surface area (Å²) in [6.45, 7) is 4.39. The van der Waals surface area contributed by atoms with Crippen LogP contribution < -0.4 is 4.72 Å². The molecule has 5 heteroatoms. The average Bonchev–Trinajstić information content (AvgIpc) is 2.98. The third kappa shape index (κ3) is 4.96. The lowest BCUT2D eigenvalue weighted by atomic mass is 9.81. The Kier molecular flexibility index (Phi) is 7.06. The quantitative estimate of drug-likeness (QED) is 0.212. The molecule has 6 rings (SSSR count). The van der Waals surface area contributed by atoms with E-state index in [9.17, 15) is 8.42 Å². The summed E-state index contributed by atoms with van der Waals surface area (Å²) >= 11 is 0. The van der Waals surface area contributed by atoms with E-state index in [4.69, 9.17) is 4.98 Å². The van der Waals surface area contributed by atoms with E-state index in [1.54, 1.807) is 0 Å². The normalized spacial score (nSPS) is 16.5. The zero-order valence-corrected chi connectivity index (χ0v) is 23.3. The molecule has 4 aromatic carbocycles. The van der Waals surface area contributed by atoms with E-state index in [0.29, 0.717) is 23.0 Å². The second-order valence-corrected chi connectivity index (χ2v) is 11.0. The number of benzene rings is 4. The van der Waals surface area contributed by atoms with Crippen molar-refractivity contribution in [2.24, 2.45) is 5.92 Å². The predicted molar refractivity (Wildman–Crippen MR) is 167 cm³/mol. The number of pyridine rings is 1. The molecule has 40 heavy (non-hydrogen) atoms. The molecule has 1 aliphatic carbocycles. The summed E-state index contributed by atoms with van der Waals surface area (Å²) in [6.07, 6.45) is 8.71. The standard InChI is InChI=1S/C35H30N2O2S/c1-23-10-6-7-13-28(23)32-22-27(17-16-24(32)2)33-21-19-26-18-20-31(35(34(26)36-33)37-40(38)39)30-15-9-8-14-29(30)25-11-4-3-5-12-25/h3-23,28,40H,1-2H3,(H,37,38,39). The molecular weight excluding hydrogens is 512 g/mol. The highest BCUT2D eigenvalue weighted by Gasteiger charge is 2.20. The Balaban J connectivity index is 1.53. The van der Waals surface area contributed by atoms with Crippen LogP contribution in [-0.4, -0.2) is 13.4 Å². The number of thiol groups is 1. The van der Waals surface area contributed by atoms with Gasteiger partial charge in [0.1, 0.15) is 0 Å². The van der Waals surface area contributed by atoms with Crippen molar-refractivity contribution in [1.29, 1.82) is 0 Å². The highest BCUT2D eigenvalue weighted by atomic mass is 32.2. The minimum absolute atomic E-state index is 0.299. The third-order valence-electron chi connectivity index (χ3n) is 7.71. The van der Waals surface area contributed by atoms with Crippen molar-refractivity contribution in [2.75, 3.05) is 4.72 Å². The predicted octanol–water partition coefficient (Wildman–Crippen LogP) is 8.33. The van der Waals surface area contributed by atoms with Crippen molar-refractivity contribution >= 4 is 27.5 Å². The van der Waals surface area contributed by atoms with Gasteiger partial charge in [-0.25, -0.2) is 13.4 Å². The highest BCUT2D eigenvalue weighted by molar-refractivity contribution is 7.74. The first-order chi connectivity index (χ1) is 19.5. The molecule has 1 N–H and O–H groups in total. The Morgan fingerprint density at radius 2 is 1.45 bits per heavy atom. The van der Waals surface area contributed by atoms with Crippen LogP contribution in [0.2, 0.25) is 0 Å². The zero-order chi connectivity index (χ0) is 27.6. The number of aryl methyl sites for hydroxylation is 1. The average molecular weight is 543 g/mol. The Hall–Kier alpha value is -4.48. The number of nitrogens with one attached hydrogen (secondary N) is 1. The molecule has 2 atom stereocenters. The highest BCUT2D eigenvalue weighted by Crippen LogP contribution is 2.40. The van der Waals surface area contributed by atoms with Crippen molar-refractivity contribution in [3.8, 4) is 33.5 Å². The van der Waals surface area contributed by atoms with E-state index in [1.807, 2.05) is 60.7 Å². The van der Waals surface area contributed by atoms with Gasteiger partial charge >= 0.3 is 0 Å². The molecule has 2 unspecified atom stereocenters. The van der Waals surface area contributed by atoms with Crippen LogP contribution >= 0.6 is 0 Å². The molecule has 0 saturated heterocycles. The first-order valence-corrected chi connectivity index (χ1v) is 14.6. The van der Waals surface area contributed by atoms with Crippen LogP contribution in [0.3, 0.4) is 0 Å². The summed E-state index contributed by atoms with van der Waals surface area (Å²) in [6, 6.07) is 32.6. The van der Waals surface area contributed by atoms with Crippen molar-refractivity contribution in [2.45, 2.75) is 19.8 Å². The molecule has 0 amide bonds. The van der Waals surface area contributed by atoms with Crippen molar-refractivity contribution in [1.82, 2.24) is 4.98 Å². The molecule has 4 nitrogen and oxygen atoms in total. The molecule has 0 saturated carbocycles. The second-order valence-electron chi connectivity index (χ2n) is 10.3. The van der Waals surface area contributed by atoms with E-state index in [0.717, 1.165) is 38.9 Å². The maximum atomic E-state index is 12.1. The number of rotatable bonds is 6. The fraction of sp³-hybridized carbons (Fsp3) is 0.114. The lowest BCUT2D eigenvalue weighted by molar-refractivity contribution is 0.619. The van der Waals surface area contributed by atoms with E-state index < -0.39 is 10.9 Å². The Morgan fingerprint density at radius 3 is 2.23 bits per heavy atom. The van der Waals surface area contributed by atoms with E-state index in [2.05, 4.69) is 79.3 Å². The van der Waals surface area contributed by atoms with Crippen LogP contribution in [0.5, 0.6) is 0 Å². The molecule has 1 aliphatic rings. The zero-order valence-electron chi connectivity index (χ0n) is 22.4. The summed E-state index contributed by atoms with van der Waals surface area (Å²) in [7, 11) is -2.91. The lowest BCUT2D eigenvalue weighted by Gasteiger charge is -2.23. The third-order valence-corrected chi connectivity index (χ3v) is 8.12. The number of allylic oxidation sites excluding steroid dienone is 4. The van der Waals surface area contributed by atoms with Gasteiger partial charge in [0.25, 0.3) is 0 Å². The molecule has 0 bridgehead atoms. The smallest absolute Gasteiger partial charge is 0.222 e. The van der Waals surface area contributed by atoms with Crippen LogP contribution in [0.25, 0.3) is 44.4 Å². The van der Waals surface area contributed by atoms with Crippen molar-refractivity contribution in [3.05, 3.63) is 132 Å². The lowest BCUT2D eigenvalue weighted by Crippen LogP contribution is -2.09. The van der Waals surface area contributed by atoms with Crippen LogP contribution in [0.4, 0.5) is 5.69 Å². The number of anilines is 1. The largest absolute Gasteiger partial charge is 0.283 e. The number of fused-ring (bicyclic) bond motifs is 1. The minimum Gasteiger partial charge on any atom is -0.283 e. The summed E-state index contributed by atoms with van der Waals surface area (Å²) in [5, 5.41) is 0.866. The first-order valence-electron chi connectivity index (χ1n) is 13.4. The summed E-state index contributed by atoms with van der Waals surface area (Å²) < 4.78 is 26.9. The van der Waals surface area contributed by atoms with Crippen molar-refractivity contribution in [3.63, 3.8) is 0 Å². The number of hydrogen-bond donors (Lipinski definition) is 2. The van der Waals surface area contributed by atoms with Gasteiger partial charge in [0.15, 0.2) is 0 Å². The van der Waals surface area contributed by atoms with Crippen molar-refractivity contribution < 1.29 is 8.42 Å². The molecule has 0 spiro atoms. The van der Waals surface area contributed by atoms with Gasteiger partial charge < -0.3 is 0 Å². The van der Waals surface area contributed by atoms with E-state index in [1.165, 1.54) is 11.1 Å². The Morgan fingerprint density at radius 1 is 0.725 bits per heavy atom. The van der Waals surface area contributed by atoms with Gasteiger partial charge in [-0.3, -0.25) is 4.72 Å². The van der Waals surface area contributed by atoms with Gasteiger partial charge in [0, 0.05) is 22.4 Å². The Bertz CT molecular complexity index is 1850. The van der Waals surface area contributed by atoms with Crippen LogP contribution in [0.15, 0.2) is 121 Å². The van der Waals surface area contributed by atoms with Gasteiger partial charge in [-0.2, -0.15) is 0 Å². The molecule has 0 fully saturated rings.